The first-order chi connectivity index (χ1) is 8.93. The number of methoxy groups -OCH3 is 1. The molecule has 1 aromatic rings. The molecule has 2 N–H and O–H groups in total. The van der Waals surface area contributed by atoms with E-state index in [1.807, 2.05) is 0 Å². The van der Waals surface area contributed by atoms with E-state index in [-0.39, 0.29) is 18.9 Å². The summed E-state index contributed by atoms with van der Waals surface area (Å²) in [5, 5.41) is 11.9. The van der Waals surface area contributed by atoms with Crippen LogP contribution in [-0.4, -0.2) is 36.7 Å². The fourth-order valence-electron chi connectivity index (χ4n) is 1.62. The van der Waals surface area contributed by atoms with Gasteiger partial charge in [-0.2, -0.15) is 0 Å². The van der Waals surface area contributed by atoms with Gasteiger partial charge in [0.25, 0.3) is 5.91 Å². The highest BCUT2D eigenvalue weighted by atomic mass is 35.5. The number of carboxylic acid groups (broad SMARTS) is 1. The monoisotopic (exact) mass is 285 g/mol. The largest absolute Gasteiger partial charge is 0.481 e. The highest BCUT2D eigenvalue weighted by Crippen LogP contribution is 2.15. The Morgan fingerprint density at radius 2 is 2.16 bits per heavy atom. The third-order valence-electron chi connectivity index (χ3n) is 2.66. The molecule has 1 atom stereocenters. The molecule has 1 aromatic carbocycles. The van der Waals surface area contributed by atoms with Crippen LogP contribution >= 0.6 is 11.6 Å². The number of amides is 1. The Labute approximate surface area is 116 Å². The summed E-state index contributed by atoms with van der Waals surface area (Å²) in [4.78, 5) is 22.5. The van der Waals surface area contributed by atoms with Crippen LogP contribution in [0.4, 0.5) is 0 Å². The number of ether oxygens (including phenoxy) is 1. The van der Waals surface area contributed by atoms with Crippen LogP contribution in [0.25, 0.3) is 0 Å². The van der Waals surface area contributed by atoms with Crippen molar-refractivity contribution >= 4 is 23.5 Å². The number of carbonyl (C=O) groups is 2. The zero-order valence-electron chi connectivity index (χ0n) is 10.8. The van der Waals surface area contributed by atoms with Crippen LogP contribution in [0, 0.1) is 6.92 Å². The van der Waals surface area contributed by atoms with Gasteiger partial charge in [-0.1, -0.05) is 11.6 Å². The topological polar surface area (TPSA) is 75.6 Å². The van der Waals surface area contributed by atoms with Crippen LogP contribution in [0.5, 0.6) is 0 Å². The lowest BCUT2D eigenvalue weighted by molar-refractivity contribution is -0.139. The van der Waals surface area contributed by atoms with E-state index in [1.165, 1.54) is 7.11 Å². The third-order valence-corrected chi connectivity index (χ3v) is 2.89. The summed E-state index contributed by atoms with van der Waals surface area (Å²) >= 11 is 5.81. The number of carboxylic acids is 1. The first kappa shape index (κ1) is 15.5. The summed E-state index contributed by atoms with van der Waals surface area (Å²) in [5.41, 5.74) is 1.27. The fraction of sp³-hybridized carbons (Fsp3) is 0.385. The predicted molar refractivity (Wildman–Crippen MR) is 71.6 cm³/mol. The van der Waals surface area contributed by atoms with E-state index in [4.69, 9.17) is 21.4 Å². The van der Waals surface area contributed by atoms with Crippen molar-refractivity contribution in [3.8, 4) is 0 Å². The molecule has 0 aromatic heterocycles. The molecule has 19 heavy (non-hydrogen) atoms. The Balaban J connectivity index is 2.61. The standard InChI is InChI=1S/C13H16ClNO4/c1-8-5-9(14)3-4-11(8)13(18)15-7-10(19-2)6-12(16)17/h3-5,10H,6-7H2,1-2H3,(H,15,18)(H,16,17). The average molecular weight is 286 g/mol. The van der Waals surface area contributed by atoms with Crippen molar-refractivity contribution in [3.63, 3.8) is 0 Å². The summed E-state index contributed by atoms with van der Waals surface area (Å²) in [7, 11) is 1.41. The van der Waals surface area contributed by atoms with E-state index >= 15 is 0 Å². The molecule has 6 heteroatoms. The van der Waals surface area contributed by atoms with Crippen LogP contribution in [-0.2, 0) is 9.53 Å². The summed E-state index contributed by atoms with van der Waals surface area (Å²) in [6.45, 7) is 1.93. The SMILES string of the molecule is COC(CNC(=O)c1ccc(Cl)cc1C)CC(=O)O. The van der Waals surface area contributed by atoms with Crippen LogP contribution in [0.1, 0.15) is 22.3 Å². The Kier molecular flexibility index (Phi) is 5.79. The van der Waals surface area contributed by atoms with E-state index < -0.39 is 12.1 Å². The minimum Gasteiger partial charge on any atom is -0.481 e. The number of rotatable bonds is 6. The van der Waals surface area contributed by atoms with Gasteiger partial charge in [-0.15, -0.1) is 0 Å². The average Bonchev–Trinajstić information content (AvgIpc) is 2.33. The second kappa shape index (κ2) is 7.11. The number of hydrogen-bond acceptors (Lipinski definition) is 3. The molecule has 5 nitrogen and oxygen atoms in total. The molecule has 1 rings (SSSR count). The number of benzene rings is 1. The summed E-state index contributed by atoms with van der Waals surface area (Å²) in [6.07, 6.45) is -0.704. The summed E-state index contributed by atoms with van der Waals surface area (Å²) in [6, 6.07) is 4.96. The molecule has 1 amide bonds. The number of halogens is 1. The fourth-order valence-corrected chi connectivity index (χ4v) is 1.84. The van der Waals surface area contributed by atoms with Gasteiger partial charge in [-0.3, -0.25) is 9.59 Å². The van der Waals surface area contributed by atoms with Crippen molar-refractivity contribution in [1.29, 1.82) is 0 Å². The molecule has 0 saturated heterocycles. The van der Waals surface area contributed by atoms with Gasteiger partial charge in [-0.05, 0) is 30.7 Å². The molecular formula is C13H16ClNO4. The highest BCUT2D eigenvalue weighted by molar-refractivity contribution is 6.30. The minimum absolute atomic E-state index is 0.143. The van der Waals surface area contributed by atoms with Gasteiger partial charge in [0.1, 0.15) is 0 Å². The van der Waals surface area contributed by atoms with Crippen molar-refractivity contribution in [3.05, 3.63) is 34.3 Å². The zero-order chi connectivity index (χ0) is 14.4. The molecule has 104 valence electrons. The molecule has 0 aliphatic carbocycles. The van der Waals surface area contributed by atoms with E-state index in [1.54, 1.807) is 25.1 Å². The lowest BCUT2D eigenvalue weighted by Crippen LogP contribution is -2.34. The van der Waals surface area contributed by atoms with Crippen LogP contribution in [0.15, 0.2) is 18.2 Å². The molecule has 0 radical (unpaired) electrons. The number of carbonyl (C=O) groups excluding carboxylic acids is 1. The van der Waals surface area contributed by atoms with Gasteiger partial charge < -0.3 is 15.2 Å². The Morgan fingerprint density at radius 1 is 1.47 bits per heavy atom. The normalized spacial score (nSPS) is 11.9. The first-order valence-corrected chi connectivity index (χ1v) is 6.10. The number of aliphatic carboxylic acids is 1. The Hall–Kier alpha value is -1.59. The molecule has 1 unspecified atom stereocenters. The van der Waals surface area contributed by atoms with Gasteiger partial charge in [-0.25, -0.2) is 0 Å². The van der Waals surface area contributed by atoms with Crippen LogP contribution < -0.4 is 5.32 Å². The lowest BCUT2D eigenvalue weighted by Gasteiger charge is -2.14. The lowest BCUT2D eigenvalue weighted by atomic mass is 10.1. The third kappa shape index (κ3) is 4.89. The van der Waals surface area contributed by atoms with Crippen molar-refractivity contribution < 1.29 is 19.4 Å². The van der Waals surface area contributed by atoms with Crippen molar-refractivity contribution in [2.75, 3.05) is 13.7 Å². The maximum Gasteiger partial charge on any atom is 0.306 e. The molecular weight excluding hydrogens is 270 g/mol. The smallest absolute Gasteiger partial charge is 0.306 e. The Morgan fingerprint density at radius 3 is 2.68 bits per heavy atom. The molecule has 0 aliphatic rings. The molecule has 0 spiro atoms. The predicted octanol–water partition coefficient (Wildman–Crippen LogP) is 1.87. The molecule has 0 heterocycles. The van der Waals surface area contributed by atoms with Crippen molar-refractivity contribution in [2.24, 2.45) is 0 Å². The van der Waals surface area contributed by atoms with Gasteiger partial charge in [0.15, 0.2) is 0 Å². The van der Waals surface area contributed by atoms with Gasteiger partial charge in [0.2, 0.25) is 0 Å². The summed E-state index contributed by atoms with van der Waals surface area (Å²) < 4.78 is 4.98. The van der Waals surface area contributed by atoms with E-state index in [9.17, 15) is 9.59 Å². The molecule has 0 aliphatic heterocycles. The number of nitrogens with one attached hydrogen (secondary N) is 1. The molecule has 0 bridgehead atoms. The summed E-state index contributed by atoms with van der Waals surface area (Å²) in [5.74, 6) is -1.25. The maximum absolute atomic E-state index is 11.9. The zero-order valence-corrected chi connectivity index (χ0v) is 11.5. The van der Waals surface area contributed by atoms with Crippen LogP contribution in [0.2, 0.25) is 5.02 Å². The second-order valence-corrected chi connectivity index (χ2v) is 4.56. The van der Waals surface area contributed by atoms with Crippen molar-refractivity contribution in [2.45, 2.75) is 19.4 Å². The second-order valence-electron chi connectivity index (χ2n) is 4.12. The van der Waals surface area contributed by atoms with E-state index in [0.29, 0.717) is 10.6 Å². The Bertz CT molecular complexity index is 476. The van der Waals surface area contributed by atoms with Gasteiger partial charge in [0, 0.05) is 24.2 Å². The maximum atomic E-state index is 11.9. The quantitative estimate of drug-likeness (QED) is 0.836. The first-order valence-electron chi connectivity index (χ1n) is 5.73. The van der Waals surface area contributed by atoms with Gasteiger partial charge >= 0.3 is 5.97 Å². The van der Waals surface area contributed by atoms with Crippen LogP contribution in [0.3, 0.4) is 0 Å². The number of hydrogen-bond donors (Lipinski definition) is 2. The molecule has 0 saturated carbocycles. The van der Waals surface area contributed by atoms with E-state index in [2.05, 4.69) is 5.32 Å². The van der Waals surface area contributed by atoms with Crippen molar-refractivity contribution in [1.82, 2.24) is 5.32 Å². The number of aryl methyl sites for hydroxylation is 1. The highest BCUT2D eigenvalue weighted by Gasteiger charge is 2.15. The minimum atomic E-state index is -0.969. The van der Waals surface area contributed by atoms with E-state index in [0.717, 1.165) is 5.56 Å². The molecule has 0 fully saturated rings. The van der Waals surface area contributed by atoms with Gasteiger partial charge in [0.05, 0.1) is 12.5 Å².